The number of nitrogens with zero attached hydrogens (tertiary/aromatic N) is 1. The number of morpholine rings is 1. The molecule has 1 aliphatic heterocycles. The monoisotopic (exact) mass is 279 g/mol. The standard InChI is InChI=1S/C15H21NO2S/c1-15(2)12-18-10-8-16(15)11-14-7-6-13(19-14)5-3-4-9-17/h6-7,17H,4,8-12H2,1-2H3. The van der Waals surface area contributed by atoms with Crippen LogP contribution in [0.4, 0.5) is 0 Å². The van der Waals surface area contributed by atoms with Gasteiger partial charge in [0, 0.05) is 29.9 Å². The second kappa shape index (κ2) is 6.53. The molecule has 0 bridgehead atoms. The molecule has 2 rings (SSSR count). The van der Waals surface area contributed by atoms with Crippen LogP contribution in [-0.2, 0) is 11.3 Å². The van der Waals surface area contributed by atoms with Crippen LogP contribution in [0.3, 0.4) is 0 Å². The van der Waals surface area contributed by atoms with Crippen LogP contribution in [0.2, 0.25) is 0 Å². The van der Waals surface area contributed by atoms with Crippen LogP contribution in [0, 0.1) is 11.8 Å². The molecule has 1 N–H and O–H groups in total. The number of aliphatic hydroxyl groups is 1. The summed E-state index contributed by atoms with van der Waals surface area (Å²) >= 11 is 1.74. The van der Waals surface area contributed by atoms with Crippen molar-refractivity contribution in [1.29, 1.82) is 0 Å². The average molecular weight is 279 g/mol. The fraction of sp³-hybridized carbons (Fsp3) is 0.600. The lowest BCUT2D eigenvalue weighted by molar-refractivity contribution is -0.0548. The van der Waals surface area contributed by atoms with Gasteiger partial charge >= 0.3 is 0 Å². The van der Waals surface area contributed by atoms with Crippen molar-refractivity contribution in [3.05, 3.63) is 21.9 Å². The third kappa shape index (κ3) is 4.05. The van der Waals surface area contributed by atoms with Crippen molar-refractivity contribution in [2.75, 3.05) is 26.4 Å². The van der Waals surface area contributed by atoms with E-state index < -0.39 is 0 Å². The lowest BCUT2D eigenvalue weighted by Gasteiger charge is -2.41. The van der Waals surface area contributed by atoms with Gasteiger partial charge in [-0.15, -0.1) is 11.3 Å². The molecule has 0 spiro atoms. The van der Waals surface area contributed by atoms with Gasteiger partial charge in [0.15, 0.2) is 0 Å². The molecule has 0 radical (unpaired) electrons. The van der Waals surface area contributed by atoms with Gasteiger partial charge in [-0.05, 0) is 26.0 Å². The number of aliphatic hydroxyl groups excluding tert-OH is 1. The highest BCUT2D eigenvalue weighted by molar-refractivity contribution is 7.12. The van der Waals surface area contributed by atoms with Crippen LogP contribution >= 0.6 is 11.3 Å². The Morgan fingerprint density at radius 3 is 3.05 bits per heavy atom. The van der Waals surface area contributed by atoms with E-state index in [1.54, 1.807) is 11.3 Å². The van der Waals surface area contributed by atoms with Crippen molar-refractivity contribution in [1.82, 2.24) is 4.90 Å². The van der Waals surface area contributed by atoms with Gasteiger partial charge in [-0.2, -0.15) is 0 Å². The predicted molar refractivity (Wildman–Crippen MR) is 78.2 cm³/mol. The molecule has 3 nitrogen and oxygen atoms in total. The van der Waals surface area contributed by atoms with Crippen molar-refractivity contribution in [3.8, 4) is 11.8 Å². The highest BCUT2D eigenvalue weighted by atomic mass is 32.1. The number of rotatable bonds is 3. The van der Waals surface area contributed by atoms with E-state index in [-0.39, 0.29) is 12.1 Å². The normalized spacial score (nSPS) is 18.9. The maximum absolute atomic E-state index is 8.71. The highest BCUT2D eigenvalue weighted by Crippen LogP contribution is 2.24. The first-order chi connectivity index (χ1) is 9.12. The predicted octanol–water partition coefficient (Wildman–Crippen LogP) is 2.09. The summed E-state index contributed by atoms with van der Waals surface area (Å²) in [5, 5.41) is 8.71. The zero-order chi connectivity index (χ0) is 13.7. The summed E-state index contributed by atoms with van der Waals surface area (Å²) in [6, 6.07) is 4.22. The summed E-state index contributed by atoms with van der Waals surface area (Å²) in [6.07, 6.45) is 0.545. The minimum absolute atomic E-state index is 0.102. The molecule has 0 saturated carbocycles. The molecule has 1 saturated heterocycles. The lowest BCUT2D eigenvalue weighted by atomic mass is 10.0. The maximum atomic E-state index is 8.71. The van der Waals surface area contributed by atoms with Crippen LogP contribution < -0.4 is 0 Å². The average Bonchev–Trinajstić information content (AvgIpc) is 2.80. The quantitative estimate of drug-likeness (QED) is 0.860. The second-order valence-electron chi connectivity index (χ2n) is 5.33. The summed E-state index contributed by atoms with van der Waals surface area (Å²) in [7, 11) is 0. The third-order valence-corrected chi connectivity index (χ3v) is 4.26. The van der Waals surface area contributed by atoms with Gasteiger partial charge in [0.25, 0.3) is 0 Å². The molecule has 104 valence electrons. The molecule has 0 amide bonds. The largest absolute Gasteiger partial charge is 0.395 e. The number of ether oxygens (including phenoxy) is 1. The third-order valence-electron chi connectivity index (χ3n) is 3.27. The van der Waals surface area contributed by atoms with E-state index in [0.29, 0.717) is 6.42 Å². The number of thiophene rings is 1. The molecule has 1 aliphatic rings. The fourth-order valence-corrected chi connectivity index (χ4v) is 3.01. The molecule has 0 aliphatic carbocycles. The van der Waals surface area contributed by atoms with E-state index in [9.17, 15) is 0 Å². The minimum Gasteiger partial charge on any atom is -0.395 e. The van der Waals surface area contributed by atoms with Crippen LogP contribution in [0.25, 0.3) is 0 Å². The van der Waals surface area contributed by atoms with E-state index in [1.807, 2.05) is 0 Å². The first kappa shape index (κ1) is 14.5. The molecule has 2 heterocycles. The summed E-state index contributed by atoms with van der Waals surface area (Å²) < 4.78 is 5.54. The smallest absolute Gasteiger partial charge is 0.0771 e. The highest BCUT2D eigenvalue weighted by Gasteiger charge is 2.30. The van der Waals surface area contributed by atoms with Gasteiger partial charge in [0.2, 0.25) is 0 Å². The van der Waals surface area contributed by atoms with Gasteiger partial charge in [0.1, 0.15) is 0 Å². The van der Waals surface area contributed by atoms with E-state index in [2.05, 4.69) is 42.7 Å². The molecule has 19 heavy (non-hydrogen) atoms. The van der Waals surface area contributed by atoms with Crippen molar-refractivity contribution in [2.24, 2.45) is 0 Å². The van der Waals surface area contributed by atoms with Crippen LogP contribution in [0.1, 0.15) is 30.0 Å². The first-order valence-corrected chi connectivity index (χ1v) is 7.45. The zero-order valence-electron chi connectivity index (χ0n) is 11.6. The van der Waals surface area contributed by atoms with Crippen molar-refractivity contribution >= 4 is 11.3 Å². The Labute approximate surface area is 119 Å². The Morgan fingerprint density at radius 1 is 1.47 bits per heavy atom. The van der Waals surface area contributed by atoms with Crippen molar-refractivity contribution < 1.29 is 9.84 Å². The molecular weight excluding hydrogens is 258 g/mol. The Kier molecular flexibility index (Phi) is 5.00. The molecule has 0 atom stereocenters. The Hall–Kier alpha value is -0.860. The molecule has 0 aromatic carbocycles. The van der Waals surface area contributed by atoms with Crippen molar-refractivity contribution in [2.45, 2.75) is 32.4 Å². The summed E-state index contributed by atoms with van der Waals surface area (Å²) in [5.41, 5.74) is 0.102. The lowest BCUT2D eigenvalue weighted by Crippen LogP contribution is -2.52. The second-order valence-corrected chi connectivity index (χ2v) is 6.50. The van der Waals surface area contributed by atoms with Gasteiger partial charge in [-0.25, -0.2) is 0 Å². The summed E-state index contributed by atoms with van der Waals surface area (Å²) in [6.45, 7) is 8.13. The van der Waals surface area contributed by atoms with Crippen LogP contribution in [0.15, 0.2) is 12.1 Å². The van der Waals surface area contributed by atoms with Gasteiger partial charge in [-0.1, -0.05) is 11.8 Å². The molecule has 1 aromatic heterocycles. The van der Waals surface area contributed by atoms with Gasteiger partial charge in [-0.3, -0.25) is 4.90 Å². The maximum Gasteiger partial charge on any atom is 0.0771 e. The first-order valence-electron chi connectivity index (χ1n) is 6.63. The molecular formula is C15H21NO2S. The van der Waals surface area contributed by atoms with E-state index >= 15 is 0 Å². The summed E-state index contributed by atoms with van der Waals surface area (Å²) in [5.74, 6) is 6.05. The van der Waals surface area contributed by atoms with E-state index in [4.69, 9.17) is 9.84 Å². The van der Waals surface area contributed by atoms with E-state index in [1.165, 1.54) is 4.88 Å². The Bertz CT molecular complexity index is 470. The molecule has 4 heteroatoms. The van der Waals surface area contributed by atoms with E-state index in [0.717, 1.165) is 31.2 Å². The van der Waals surface area contributed by atoms with Gasteiger partial charge in [0.05, 0.1) is 24.7 Å². The zero-order valence-corrected chi connectivity index (χ0v) is 12.4. The Balaban J connectivity index is 1.98. The minimum atomic E-state index is 0.102. The number of hydrogen-bond acceptors (Lipinski definition) is 4. The molecule has 1 aromatic rings. The van der Waals surface area contributed by atoms with Gasteiger partial charge < -0.3 is 9.84 Å². The fourth-order valence-electron chi connectivity index (χ4n) is 2.11. The van der Waals surface area contributed by atoms with Crippen LogP contribution in [-0.4, -0.2) is 41.9 Å². The molecule has 0 unspecified atom stereocenters. The van der Waals surface area contributed by atoms with Crippen molar-refractivity contribution in [3.63, 3.8) is 0 Å². The SMILES string of the molecule is CC1(C)COCCN1Cc1ccc(C#CCCO)s1. The summed E-state index contributed by atoms with van der Waals surface area (Å²) in [4.78, 5) is 4.88. The van der Waals surface area contributed by atoms with Crippen LogP contribution in [0.5, 0.6) is 0 Å². The Morgan fingerprint density at radius 2 is 2.32 bits per heavy atom. The number of hydrogen-bond donors (Lipinski definition) is 1. The topological polar surface area (TPSA) is 32.7 Å². The molecule has 1 fully saturated rings.